The molecule has 0 aliphatic rings. The SMILES string of the molecule is CCCCCCC(C)NC(=O)c1coc(C(N)CC(C)C)n1. The summed E-state index contributed by atoms with van der Waals surface area (Å²) < 4.78 is 5.35. The van der Waals surface area contributed by atoms with Gasteiger partial charge in [0.15, 0.2) is 5.69 Å². The van der Waals surface area contributed by atoms with E-state index in [0.717, 1.165) is 19.3 Å². The Hall–Kier alpha value is -1.36. The normalized spacial score (nSPS) is 14.1. The lowest BCUT2D eigenvalue weighted by Gasteiger charge is -2.12. The van der Waals surface area contributed by atoms with Crippen LogP contribution in [0.2, 0.25) is 0 Å². The minimum atomic E-state index is -0.256. The van der Waals surface area contributed by atoms with Crippen molar-refractivity contribution in [3.63, 3.8) is 0 Å². The van der Waals surface area contributed by atoms with Gasteiger partial charge in [0.05, 0.1) is 6.04 Å². The molecule has 2 unspecified atom stereocenters. The molecule has 1 heterocycles. The van der Waals surface area contributed by atoms with Crippen molar-refractivity contribution < 1.29 is 9.21 Å². The first kappa shape index (κ1) is 18.7. The Morgan fingerprint density at radius 2 is 2.05 bits per heavy atom. The van der Waals surface area contributed by atoms with Crippen LogP contribution in [0.4, 0.5) is 0 Å². The van der Waals surface area contributed by atoms with Gasteiger partial charge in [-0.25, -0.2) is 4.98 Å². The van der Waals surface area contributed by atoms with Gasteiger partial charge in [-0.1, -0.05) is 46.5 Å². The number of nitrogens with zero attached hydrogens (tertiary/aromatic N) is 1. The van der Waals surface area contributed by atoms with Gasteiger partial charge in [0.25, 0.3) is 5.91 Å². The second-order valence-electron chi connectivity index (χ2n) is 6.53. The van der Waals surface area contributed by atoms with Crippen molar-refractivity contribution >= 4 is 5.91 Å². The van der Waals surface area contributed by atoms with Crippen molar-refractivity contribution in [2.24, 2.45) is 11.7 Å². The monoisotopic (exact) mass is 309 g/mol. The first-order valence-corrected chi connectivity index (χ1v) is 8.45. The molecule has 3 N–H and O–H groups in total. The maximum atomic E-state index is 12.1. The molecule has 1 aromatic rings. The fourth-order valence-electron chi connectivity index (χ4n) is 2.42. The number of hydrogen-bond acceptors (Lipinski definition) is 4. The quantitative estimate of drug-likeness (QED) is 0.644. The molecule has 0 fully saturated rings. The van der Waals surface area contributed by atoms with E-state index in [9.17, 15) is 4.79 Å². The van der Waals surface area contributed by atoms with Crippen molar-refractivity contribution in [1.82, 2.24) is 10.3 Å². The summed E-state index contributed by atoms with van der Waals surface area (Å²) in [4.78, 5) is 16.3. The Bertz CT molecular complexity index is 443. The highest BCUT2D eigenvalue weighted by Gasteiger charge is 2.18. The van der Waals surface area contributed by atoms with E-state index in [4.69, 9.17) is 10.2 Å². The minimum Gasteiger partial charge on any atom is -0.446 e. The number of nitrogens with two attached hydrogens (primary N) is 1. The molecule has 2 atom stereocenters. The van der Waals surface area contributed by atoms with Crippen LogP contribution >= 0.6 is 0 Å². The van der Waals surface area contributed by atoms with Crippen molar-refractivity contribution in [3.8, 4) is 0 Å². The number of amides is 1. The Balaban J connectivity index is 2.44. The summed E-state index contributed by atoms with van der Waals surface area (Å²) in [6, 6.07) is -0.109. The molecule has 1 amide bonds. The third-order valence-corrected chi connectivity index (χ3v) is 3.67. The second-order valence-corrected chi connectivity index (χ2v) is 6.53. The Morgan fingerprint density at radius 3 is 2.68 bits per heavy atom. The number of nitrogens with one attached hydrogen (secondary N) is 1. The molecule has 5 heteroatoms. The fourth-order valence-corrected chi connectivity index (χ4v) is 2.42. The lowest BCUT2D eigenvalue weighted by molar-refractivity contribution is 0.0932. The van der Waals surface area contributed by atoms with Crippen LogP contribution in [0, 0.1) is 5.92 Å². The molecule has 5 nitrogen and oxygen atoms in total. The summed E-state index contributed by atoms with van der Waals surface area (Å²) >= 11 is 0. The van der Waals surface area contributed by atoms with Crippen molar-refractivity contribution in [2.45, 2.75) is 78.3 Å². The van der Waals surface area contributed by atoms with E-state index in [1.54, 1.807) is 0 Å². The molecule has 1 rings (SSSR count). The molecule has 0 radical (unpaired) electrons. The van der Waals surface area contributed by atoms with Crippen LogP contribution in [0.5, 0.6) is 0 Å². The third-order valence-electron chi connectivity index (χ3n) is 3.67. The van der Waals surface area contributed by atoms with Crippen LogP contribution < -0.4 is 11.1 Å². The minimum absolute atomic E-state index is 0.147. The van der Waals surface area contributed by atoms with Crippen LogP contribution in [0.25, 0.3) is 0 Å². The number of oxazole rings is 1. The van der Waals surface area contributed by atoms with E-state index in [0.29, 0.717) is 17.5 Å². The zero-order valence-corrected chi connectivity index (χ0v) is 14.4. The van der Waals surface area contributed by atoms with Crippen molar-refractivity contribution in [1.29, 1.82) is 0 Å². The zero-order valence-electron chi connectivity index (χ0n) is 14.4. The number of hydrogen-bond donors (Lipinski definition) is 2. The Kier molecular flexibility index (Phi) is 8.17. The maximum Gasteiger partial charge on any atom is 0.273 e. The Morgan fingerprint density at radius 1 is 1.32 bits per heavy atom. The molecule has 1 aromatic heterocycles. The van der Waals surface area contributed by atoms with E-state index in [1.807, 2.05) is 6.92 Å². The standard InChI is InChI=1S/C17H31N3O2/c1-5-6-7-8-9-13(4)19-16(21)15-11-22-17(20-15)14(18)10-12(2)3/h11-14H,5-10,18H2,1-4H3,(H,19,21). The second kappa shape index (κ2) is 9.62. The van der Waals surface area contributed by atoms with Gasteiger partial charge in [-0.2, -0.15) is 0 Å². The average Bonchev–Trinajstić information content (AvgIpc) is 2.93. The number of aromatic nitrogens is 1. The predicted octanol–water partition coefficient (Wildman–Crippen LogP) is 3.81. The van der Waals surface area contributed by atoms with Gasteiger partial charge >= 0.3 is 0 Å². The van der Waals surface area contributed by atoms with Gasteiger partial charge in [0.1, 0.15) is 6.26 Å². The van der Waals surface area contributed by atoms with Crippen molar-refractivity contribution in [2.75, 3.05) is 0 Å². The number of carbonyl (C=O) groups is 1. The highest BCUT2D eigenvalue weighted by atomic mass is 16.3. The largest absolute Gasteiger partial charge is 0.446 e. The molecule has 0 saturated carbocycles. The topological polar surface area (TPSA) is 81.2 Å². The van der Waals surface area contributed by atoms with E-state index < -0.39 is 0 Å². The van der Waals surface area contributed by atoms with E-state index in [2.05, 4.69) is 31.1 Å². The lowest BCUT2D eigenvalue weighted by atomic mass is 10.0. The summed E-state index contributed by atoms with van der Waals surface area (Å²) in [5.41, 5.74) is 6.33. The molecule has 0 bridgehead atoms. The van der Waals surface area contributed by atoms with Gasteiger partial charge in [-0.05, 0) is 25.7 Å². The molecule has 126 valence electrons. The van der Waals surface area contributed by atoms with Crippen LogP contribution in [0.3, 0.4) is 0 Å². The molecule has 0 spiro atoms. The summed E-state index contributed by atoms with van der Waals surface area (Å²) in [5, 5.41) is 2.96. The summed E-state index contributed by atoms with van der Waals surface area (Å²) in [6.45, 7) is 8.40. The molecule has 0 aromatic carbocycles. The molecular weight excluding hydrogens is 278 g/mol. The number of unbranched alkanes of at least 4 members (excludes halogenated alkanes) is 3. The first-order chi connectivity index (χ1) is 10.4. The predicted molar refractivity (Wildman–Crippen MR) is 88.6 cm³/mol. The van der Waals surface area contributed by atoms with Crippen LogP contribution in [-0.4, -0.2) is 16.9 Å². The summed E-state index contributed by atoms with van der Waals surface area (Å²) in [6.07, 6.45) is 8.00. The average molecular weight is 309 g/mol. The van der Waals surface area contributed by atoms with Crippen LogP contribution in [0.15, 0.2) is 10.7 Å². The highest BCUT2D eigenvalue weighted by Crippen LogP contribution is 2.18. The smallest absolute Gasteiger partial charge is 0.273 e. The van der Waals surface area contributed by atoms with Gasteiger partial charge in [0, 0.05) is 6.04 Å². The number of rotatable bonds is 10. The van der Waals surface area contributed by atoms with E-state index in [-0.39, 0.29) is 18.0 Å². The van der Waals surface area contributed by atoms with Gasteiger partial charge in [0.2, 0.25) is 5.89 Å². The molecule has 0 saturated heterocycles. The van der Waals surface area contributed by atoms with E-state index in [1.165, 1.54) is 25.5 Å². The van der Waals surface area contributed by atoms with Crippen molar-refractivity contribution in [3.05, 3.63) is 17.8 Å². The fraction of sp³-hybridized carbons (Fsp3) is 0.765. The number of carbonyl (C=O) groups excluding carboxylic acids is 1. The maximum absolute atomic E-state index is 12.1. The Labute approximate surface area is 134 Å². The van der Waals surface area contributed by atoms with Crippen LogP contribution in [-0.2, 0) is 0 Å². The summed E-state index contributed by atoms with van der Waals surface area (Å²) in [7, 11) is 0. The molecule has 0 aliphatic carbocycles. The van der Waals surface area contributed by atoms with Gasteiger partial charge in [-0.3, -0.25) is 4.79 Å². The van der Waals surface area contributed by atoms with Gasteiger partial charge < -0.3 is 15.5 Å². The first-order valence-electron chi connectivity index (χ1n) is 8.45. The molecule has 0 aliphatic heterocycles. The summed E-state index contributed by atoms with van der Waals surface area (Å²) in [5.74, 6) is 0.714. The van der Waals surface area contributed by atoms with E-state index >= 15 is 0 Å². The molecule has 22 heavy (non-hydrogen) atoms. The van der Waals surface area contributed by atoms with Gasteiger partial charge in [-0.15, -0.1) is 0 Å². The lowest BCUT2D eigenvalue weighted by Crippen LogP contribution is -2.32. The van der Waals surface area contributed by atoms with Crippen LogP contribution in [0.1, 0.15) is 88.6 Å². The zero-order chi connectivity index (χ0) is 16.5. The highest BCUT2D eigenvalue weighted by molar-refractivity contribution is 5.92. The third kappa shape index (κ3) is 6.60. The molecular formula is C17H31N3O2.